The molecular weight excluding hydrogens is 572 g/mol. The van der Waals surface area contributed by atoms with E-state index in [1.165, 1.54) is 24.7 Å². The topological polar surface area (TPSA) is 134 Å². The third-order valence-corrected chi connectivity index (χ3v) is 7.71. The highest BCUT2D eigenvalue weighted by Gasteiger charge is 2.48. The van der Waals surface area contributed by atoms with Gasteiger partial charge in [-0.15, -0.1) is 0 Å². The summed E-state index contributed by atoms with van der Waals surface area (Å²) in [5.41, 5.74) is -0.177. The molecule has 4 rings (SSSR count). The zero-order chi connectivity index (χ0) is 31.6. The van der Waals surface area contributed by atoms with E-state index in [0.29, 0.717) is 0 Å². The van der Waals surface area contributed by atoms with Crippen molar-refractivity contribution in [2.45, 2.75) is 77.6 Å². The maximum absolute atomic E-state index is 15.4. The van der Waals surface area contributed by atoms with Crippen LogP contribution in [-0.2, 0) is 14.4 Å². The number of anilines is 2. The molecule has 2 atom stereocenters. The van der Waals surface area contributed by atoms with Crippen molar-refractivity contribution >= 4 is 35.0 Å². The van der Waals surface area contributed by atoms with Gasteiger partial charge in [-0.25, -0.2) is 4.39 Å². The van der Waals surface area contributed by atoms with E-state index < -0.39 is 54.1 Å². The number of benzene rings is 1. The maximum Gasteiger partial charge on any atom is 0.405 e. The molecule has 43 heavy (non-hydrogen) atoms. The van der Waals surface area contributed by atoms with Gasteiger partial charge in [0.2, 0.25) is 17.7 Å². The van der Waals surface area contributed by atoms with Gasteiger partial charge < -0.3 is 21.3 Å². The van der Waals surface area contributed by atoms with Gasteiger partial charge in [-0.3, -0.25) is 23.9 Å². The van der Waals surface area contributed by atoms with E-state index in [1.54, 1.807) is 11.4 Å². The van der Waals surface area contributed by atoms with Crippen LogP contribution in [0.3, 0.4) is 0 Å². The molecule has 1 aromatic heterocycles. The minimum Gasteiger partial charge on any atom is -0.346 e. The Morgan fingerprint density at radius 3 is 2.14 bits per heavy atom. The second-order valence-electron chi connectivity index (χ2n) is 11.6. The SMILES string of the molecule is CC(=O)Nc1cc(NC(=O)[C@@H](NC(=O)c2ccnn2C(C)C)C(C2CC2)C2CC2)c(F)cc1C(C)C(=O)NCC(F)(F)F. The fourth-order valence-corrected chi connectivity index (χ4v) is 5.38. The summed E-state index contributed by atoms with van der Waals surface area (Å²) >= 11 is 0. The predicted octanol–water partition coefficient (Wildman–Crippen LogP) is 4.52. The zero-order valence-corrected chi connectivity index (χ0v) is 24.3. The van der Waals surface area contributed by atoms with E-state index in [9.17, 15) is 32.3 Å². The highest BCUT2D eigenvalue weighted by atomic mass is 19.4. The zero-order valence-electron chi connectivity index (χ0n) is 24.3. The fourth-order valence-electron chi connectivity index (χ4n) is 5.38. The molecule has 2 aliphatic carbocycles. The monoisotopic (exact) mass is 608 g/mol. The molecule has 10 nitrogen and oxygen atoms in total. The third kappa shape index (κ3) is 8.11. The number of amides is 4. The lowest BCUT2D eigenvalue weighted by Gasteiger charge is -2.28. The van der Waals surface area contributed by atoms with Gasteiger partial charge in [0.15, 0.2) is 0 Å². The van der Waals surface area contributed by atoms with Crippen molar-refractivity contribution in [3.8, 4) is 0 Å². The Kier molecular flexibility index (Phi) is 9.45. The lowest BCUT2D eigenvalue weighted by Crippen LogP contribution is -2.50. The standard InChI is InChI=1S/C29H36F4N6O4/c1-14(2)39-23(9-10-35-39)27(42)38-25(24(17-5-6-17)18-7-8-18)28(43)37-22-12-21(36-16(4)40)19(11-20(22)30)15(3)26(41)34-13-29(31,32)33/h9-12,14-15,17-18,24-25H,5-8,13H2,1-4H3,(H,34,41)(H,36,40)(H,37,43)(H,38,42)/t15?,25-/m0/s1. The van der Waals surface area contributed by atoms with Crippen LogP contribution in [0.2, 0.25) is 0 Å². The maximum atomic E-state index is 15.4. The Labute approximate surface area is 246 Å². The van der Waals surface area contributed by atoms with Crippen LogP contribution in [0.4, 0.5) is 28.9 Å². The Morgan fingerprint density at radius 2 is 1.60 bits per heavy atom. The molecule has 0 spiro atoms. The first-order valence-corrected chi connectivity index (χ1v) is 14.3. The number of carbonyl (C=O) groups excluding carboxylic acids is 4. The Hall–Kier alpha value is -3.97. The molecule has 234 valence electrons. The number of rotatable bonds is 12. The van der Waals surface area contributed by atoms with Gasteiger partial charge in [-0.1, -0.05) is 0 Å². The molecule has 0 aliphatic heterocycles. The molecule has 2 fully saturated rings. The van der Waals surface area contributed by atoms with E-state index in [0.717, 1.165) is 37.8 Å². The van der Waals surface area contributed by atoms with Crippen LogP contribution in [-0.4, -0.2) is 52.2 Å². The number of hydrogen-bond acceptors (Lipinski definition) is 5. The van der Waals surface area contributed by atoms with Crippen molar-refractivity contribution in [1.82, 2.24) is 20.4 Å². The van der Waals surface area contributed by atoms with E-state index >= 15 is 4.39 Å². The molecule has 4 amide bonds. The van der Waals surface area contributed by atoms with Crippen molar-refractivity contribution in [2.75, 3.05) is 17.2 Å². The number of halogens is 4. The van der Waals surface area contributed by atoms with E-state index in [1.807, 2.05) is 13.8 Å². The molecule has 2 aromatic rings. The summed E-state index contributed by atoms with van der Waals surface area (Å²) in [6.07, 6.45) is 0.496. The minimum atomic E-state index is -4.64. The summed E-state index contributed by atoms with van der Waals surface area (Å²) in [4.78, 5) is 51.4. The number of carbonyl (C=O) groups is 4. The van der Waals surface area contributed by atoms with Crippen molar-refractivity contribution in [2.24, 2.45) is 17.8 Å². The second kappa shape index (κ2) is 12.7. The molecular formula is C29H36F4N6O4. The molecule has 1 unspecified atom stereocenters. The largest absolute Gasteiger partial charge is 0.405 e. The van der Waals surface area contributed by atoms with E-state index in [4.69, 9.17) is 0 Å². The van der Waals surface area contributed by atoms with Gasteiger partial charge in [0.1, 0.15) is 24.1 Å². The summed E-state index contributed by atoms with van der Waals surface area (Å²) in [7, 11) is 0. The predicted molar refractivity (Wildman–Crippen MR) is 150 cm³/mol. The minimum absolute atomic E-state index is 0.0544. The molecule has 0 radical (unpaired) electrons. The normalized spacial score (nSPS) is 16.5. The molecule has 1 heterocycles. The third-order valence-electron chi connectivity index (χ3n) is 7.71. The van der Waals surface area contributed by atoms with Gasteiger partial charge in [0.25, 0.3) is 5.91 Å². The Bertz CT molecular complexity index is 1370. The van der Waals surface area contributed by atoms with Gasteiger partial charge in [0, 0.05) is 24.8 Å². The molecule has 2 saturated carbocycles. The lowest BCUT2D eigenvalue weighted by molar-refractivity contribution is -0.139. The molecule has 1 aromatic carbocycles. The van der Waals surface area contributed by atoms with Gasteiger partial charge >= 0.3 is 6.18 Å². The molecule has 14 heteroatoms. The van der Waals surface area contributed by atoms with Crippen LogP contribution >= 0.6 is 0 Å². The molecule has 0 saturated heterocycles. The summed E-state index contributed by atoms with van der Waals surface area (Å²) in [5.74, 6) is -4.68. The number of nitrogens with zero attached hydrogens (tertiary/aromatic N) is 2. The van der Waals surface area contributed by atoms with Gasteiger partial charge in [-0.2, -0.15) is 18.3 Å². The first-order chi connectivity index (χ1) is 20.2. The Morgan fingerprint density at radius 1 is 0.977 bits per heavy atom. The van der Waals surface area contributed by atoms with Gasteiger partial charge in [-0.05, 0) is 88.0 Å². The highest BCUT2D eigenvalue weighted by Crippen LogP contribution is 2.51. The van der Waals surface area contributed by atoms with Crippen molar-refractivity contribution < 1.29 is 36.7 Å². The lowest BCUT2D eigenvalue weighted by atomic mass is 9.88. The fraction of sp³-hybridized carbons (Fsp3) is 0.552. The molecule has 4 N–H and O–H groups in total. The number of nitrogens with one attached hydrogen (secondary N) is 4. The molecule has 0 bridgehead atoms. The number of alkyl halides is 3. The van der Waals surface area contributed by atoms with E-state index in [2.05, 4.69) is 21.0 Å². The van der Waals surface area contributed by atoms with Gasteiger partial charge in [0.05, 0.1) is 11.6 Å². The number of hydrogen-bond donors (Lipinski definition) is 4. The average molecular weight is 609 g/mol. The van der Waals surface area contributed by atoms with E-state index in [-0.39, 0.29) is 46.4 Å². The van der Waals surface area contributed by atoms with Crippen molar-refractivity contribution in [3.05, 3.63) is 41.5 Å². The first kappa shape index (κ1) is 32.0. The first-order valence-electron chi connectivity index (χ1n) is 14.3. The highest BCUT2D eigenvalue weighted by molar-refractivity contribution is 6.02. The van der Waals surface area contributed by atoms with Crippen LogP contribution in [0.1, 0.15) is 81.4 Å². The number of aromatic nitrogens is 2. The van der Waals surface area contributed by atoms with Crippen LogP contribution in [0.15, 0.2) is 24.4 Å². The van der Waals surface area contributed by atoms with Crippen LogP contribution < -0.4 is 21.3 Å². The summed E-state index contributed by atoms with van der Waals surface area (Å²) < 4.78 is 54.8. The van der Waals surface area contributed by atoms with Crippen molar-refractivity contribution in [3.63, 3.8) is 0 Å². The quantitative estimate of drug-likeness (QED) is 0.263. The van der Waals surface area contributed by atoms with Crippen LogP contribution in [0.5, 0.6) is 0 Å². The summed E-state index contributed by atoms with van der Waals surface area (Å²) in [5, 5.41) is 13.8. The molecule has 2 aliphatic rings. The van der Waals surface area contributed by atoms with Crippen LogP contribution in [0.25, 0.3) is 0 Å². The smallest absolute Gasteiger partial charge is 0.346 e. The summed E-state index contributed by atoms with van der Waals surface area (Å²) in [6.45, 7) is 4.60. The van der Waals surface area contributed by atoms with Crippen molar-refractivity contribution in [1.29, 1.82) is 0 Å². The Balaban J connectivity index is 1.61. The average Bonchev–Trinajstić information content (AvgIpc) is 3.86. The second-order valence-corrected chi connectivity index (χ2v) is 11.6. The van der Waals surface area contributed by atoms with Crippen LogP contribution in [0, 0.1) is 23.6 Å². The summed E-state index contributed by atoms with van der Waals surface area (Å²) in [6, 6.07) is 2.47.